The molecule has 0 heterocycles. The molecule has 128 valence electrons. The number of carbonyl (C=O) groups excluding carboxylic acids is 1. The quantitative estimate of drug-likeness (QED) is 0.705. The fourth-order valence-electron chi connectivity index (χ4n) is 2.04. The second kappa shape index (κ2) is 8.82. The molecule has 0 aliphatic carbocycles. The van der Waals surface area contributed by atoms with Crippen LogP contribution in [0.4, 0.5) is 0 Å². The van der Waals surface area contributed by atoms with E-state index in [1.165, 1.54) is 24.3 Å². The van der Waals surface area contributed by atoms with E-state index in [0.717, 1.165) is 5.56 Å². The third kappa shape index (κ3) is 5.96. The van der Waals surface area contributed by atoms with Gasteiger partial charge in [0.25, 0.3) is 0 Å². The zero-order valence-electron chi connectivity index (χ0n) is 13.0. The fraction of sp³-hybridized carbons (Fsp3) is 0.235. The average molecular weight is 367 g/mol. The van der Waals surface area contributed by atoms with Gasteiger partial charge in [-0.3, -0.25) is 4.79 Å². The van der Waals surface area contributed by atoms with Crippen LogP contribution in [-0.2, 0) is 21.4 Å². The third-order valence-corrected chi connectivity index (χ3v) is 5.06. The van der Waals surface area contributed by atoms with Crippen LogP contribution >= 0.6 is 11.6 Å². The maximum Gasteiger partial charge on any atom is 0.240 e. The topological polar surface area (TPSA) is 75.3 Å². The van der Waals surface area contributed by atoms with Gasteiger partial charge in [0, 0.05) is 24.5 Å². The molecule has 5 nitrogen and oxygen atoms in total. The van der Waals surface area contributed by atoms with Crippen LogP contribution in [0.1, 0.15) is 18.4 Å². The molecular formula is C17H19ClN2O3S. The lowest BCUT2D eigenvalue weighted by Crippen LogP contribution is -2.27. The summed E-state index contributed by atoms with van der Waals surface area (Å²) < 4.78 is 26.6. The van der Waals surface area contributed by atoms with Crippen LogP contribution in [0.2, 0.25) is 5.02 Å². The molecule has 2 aromatic rings. The van der Waals surface area contributed by atoms with Gasteiger partial charge in [0.1, 0.15) is 0 Å². The highest BCUT2D eigenvalue weighted by atomic mass is 35.5. The standard InChI is InChI=1S/C17H19ClN2O3S/c18-15-8-10-16(11-9-15)24(22,23)20-12-4-7-17(21)19-13-14-5-2-1-3-6-14/h1-3,5-6,8-11,20H,4,7,12-13H2,(H,19,21). The molecule has 0 atom stereocenters. The van der Waals surface area contributed by atoms with Crippen LogP contribution < -0.4 is 10.0 Å². The van der Waals surface area contributed by atoms with Crippen molar-refractivity contribution in [3.8, 4) is 0 Å². The first-order valence-corrected chi connectivity index (χ1v) is 9.39. The zero-order valence-corrected chi connectivity index (χ0v) is 14.6. The Morgan fingerprint density at radius 1 is 1.00 bits per heavy atom. The van der Waals surface area contributed by atoms with Crippen molar-refractivity contribution in [2.75, 3.05) is 6.54 Å². The lowest BCUT2D eigenvalue weighted by Gasteiger charge is -2.08. The Balaban J connectivity index is 1.70. The molecule has 1 amide bonds. The van der Waals surface area contributed by atoms with Gasteiger partial charge < -0.3 is 5.32 Å². The number of carbonyl (C=O) groups is 1. The maximum atomic E-state index is 12.0. The molecule has 0 spiro atoms. The molecule has 0 aromatic heterocycles. The van der Waals surface area contributed by atoms with Crippen molar-refractivity contribution in [1.82, 2.24) is 10.0 Å². The first kappa shape index (κ1) is 18.4. The van der Waals surface area contributed by atoms with E-state index in [1.807, 2.05) is 30.3 Å². The van der Waals surface area contributed by atoms with Gasteiger partial charge in [-0.2, -0.15) is 0 Å². The van der Waals surface area contributed by atoms with Crippen LogP contribution in [0.25, 0.3) is 0 Å². The molecule has 2 N–H and O–H groups in total. The molecule has 0 bridgehead atoms. The number of amides is 1. The second-order valence-electron chi connectivity index (χ2n) is 5.22. The van der Waals surface area contributed by atoms with E-state index in [9.17, 15) is 13.2 Å². The summed E-state index contributed by atoms with van der Waals surface area (Å²) in [5, 5.41) is 3.28. The summed E-state index contributed by atoms with van der Waals surface area (Å²) in [6.07, 6.45) is 0.684. The van der Waals surface area contributed by atoms with E-state index < -0.39 is 10.0 Å². The van der Waals surface area contributed by atoms with Crippen LogP contribution in [0, 0.1) is 0 Å². The van der Waals surface area contributed by atoms with Gasteiger partial charge in [0.05, 0.1) is 4.90 Å². The number of hydrogen-bond donors (Lipinski definition) is 2. The molecule has 0 saturated heterocycles. The first-order valence-electron chi connectivity index (χ1n) is 7.53. The molecule has 0 fully saturated rings. The van der Waals surface area contributed by atoms with E-state index >= 15 is 0 Å². The van der Waals surface area contributed by atoms with Gasteiger partial charge in [0.2, 0.25) is 15.9 Å². The predicted octanol–water partition coefficient (Wildman–Crippen LogP) is 2.71. The molecule has 0 saturated carbocycles. The van der Waals surface area contributed by atoms with Crippen molar-refractivity contribution in [1.29, 1.82) is 0 Å². The third-order valence-electron chi connectivity index (χ3n) is 3.33. The predicted molar refractivity (Wildman–Crippen MR) is 94.2 cm³/mol. The minimum atomic E-state index is -3.57. The van der Waals surface area contributed by atoms with Crippen molar-refractivity contribution >= 4 is 27.5 Å². The number of sulfonamides is 1. The van der Waals surface area contributed by atoms with Crippen molar-refractivity contribution in [2.45, 2.75) is 24.3 Å². The van der Waals surface area contributed by atoms with Crippen LogP contribution in [0.3, 0.4) is 0 Å². The summed E-state index contributed by atoms with van der Waals surface area (Å²) in [5.41, 5.74) is 1.02. The lowest BCUT2D eigenvalue weighted by molar-refractivity contribution is -0.121. The Morgan fingerprint density at radius 2 is 1.67 bits per heavy atom. The summed E-state index contributed by atoms with van der Waals surface area (Å²) in [6.45, 7) is 0.667. The van der Waals surface area contributed by atoms with Gasteiger partial charge in [-0.15, -0.1) is 0 Å². The molecular weight excluding hydrogens is 348 g/mol. The Morgan fingerprint density at radius 3 is 2.33 bits per heavy atom. The van der Waals surface area contributed by atoms with Gasteiger partial charge in [-0.05, 0) is 36.2 Å². The summed E-state index contributed by atoms with van der Waals surface area (Å²) >= 11 is 5.74. The Hall–Kier alpha value is -1.89. The van der Waals surface area contributed by atoms with Crippen molar-refractivity contribution in [2.24, 2.45) is 0 Å². The minimum Gasteiger partial charge on any atom is -0.352 e. The van der Waals surface area contributed by atoms with E-state index in [-0.39, 0.29) is 23.8 Å². The highest BCUT2D eigenvalue weighted by Crippen LogP contribution is 2.13. The summed E-state index contributed by atoms with van der Waals surface area (Å²) in [4.78, 5) is 11.9. The average Bonchev–Trinajstić information content (AvgIpc) is 2.58. The number of benzene rings is 2. The summed E-state index contributed by atoms with van der Waals surface area (Å²) in [6, 6.07) is 15.5. The normalized spacial score (nSPS) is 11.2. The molecule has 2 rings (SSSR count). The van der Waals surface area contributed by atoms with Gasteiger partial charge >= 0.3 is 0 Å². The SMILES string of the molecule is O=C(CCCNS(=O)(=O)c1ccc(Cl)cc1)NCc1ccccc1. The van der Waals surface area contributed by atoms with Gasteiger partial charge in [0.15, 0.2) is 0 Å². The van der Waals surface area contributed by atoms with E-state index in [1.54, 1.807) is 0 Å². The summed E-state index contributed by atoms with van der Waals surface area (Å²) in [7, 11) is -3.57. The molecule has 0 aliphatic heterocycles. The van der Waals surface area contributed by atoms with Crippen LogP contribution in [-0.4, -0.2) is 20.9 Å². The number of rotatable bonds is 8. The zero-order chi connectivity index (χ0) is 17.4. The fourth-order valence-corrected chi connectivity index (χ4v) is 3.24. The second-order valence-corrected chi connectivity index (χ2v) is 7.42. The van der Waals surface area contributed by atoms with Gasteiger partial charge in [-0.1, -0.05) is 41.9 Å². The Bertz CT molecular complexity index is 762. The molecule has 0 aliphatic rings. The van der Waals surface area contributed by atoms with E-state index in [4.69, 9.17) is 11.6 Å². The Labute approximate surface area is 147 Å². The van der Waals surface area contributed by atoms with E-state index in [0.29, 0.717) is 18.0 Å². The minimum absolute atomic E-state index is 0.107. The lowest BCUT2D eigenvalue weighted by atomic mass is 10.2. The number of halogens is 1. The number of nitrogens with one attached hydrogen (secondary N) is 2. The highest BCUT2D eigenvalue weighted by molar-refractivity contribution is 7.89. The van der Waals surface area contributed by atoms with Crippen molar-refractivity contribution in [3.63, 3.8) is 0 Å². The summed E-state index contributed by atoms with van der Waals surface area (Å²) in [5.74, 6) is -0.107. The molecule has 0 radical (unpaired) electrons. The highest BCUT2D eigenvalue weighted by Gasteiger charge is 2.13. The van der Waals surface area contributed by atoms with E-state index in [2.05, 4.69) is 10.0 Å². The Kier molecular flexibility index (Phi) is 6.78. The largest absolute Gasteiger partial charge is 0.352 e. The van der Waals surface area contributed by atoms with Crippen LogP contribution in [0.15, 0.2) is 59.5 Å². The molecule has 2 aromatic carbocycles. The molecule has 0 unspecified atom stereocenters. The van der Waals surface area contributed by atoms with Crippen molar-refractivity contribution in [3.05, 3.63) is 65.2 Å². The monoisotopic (exact) mass is 366 g/mol. The van der Waals surface area contributed by atoms with Crippen LogP contribution in [0.5, 0.6) is 0 Å². The maximum absolute atomic E-state index is 12.0. The van der Waals surface area contributed by atoms with Crippen molar-refractivity contribution < 1.29 is 13.2 Å². The molecule has 24 heavy (non-hydrogen) atoms. The smallest absolute Gasteiger partial charge is 0.240 e. The molecule has 7 heteroatoms. The number of hydrogen-bond acceptors (Lipinski definition) is 3. The van der Waals surface area contributed by atoms with Gasteiger partial charge in [-0.25, -0.2) is 13.1 Å². The first-order chi connectivity index (χ1) is 11.5.